The molecule has 0 saturated heterocycles. The topological polar surface area (TPSA) is 47.9 Å². The molecular weight excluding hydrogens is 731 g/mol. The Morgan fingerprint density at radius 1 is 0.283 bits per heavy atom. The van der Waals surface area contributed by atoms with Crippen LogP contribution >= 0.6 is 0 Å². The van der Waals surface area contributed by atoms with Gasteiger partial charge < -0.3 is 4.74 Å². The average Bonchev–Trinajstić information content (AvgIpc) is 3.61. The van der Waals surface area contributed by atoms with Gasteiger partial charge in [-0.2, -0.15) is 0 Å². The van der Waals surface area contributed by atoms with E-state index in [2.05, 4.69) is 152 Å². The lowest BCUT2D eigenvalue weighted by Gasteiger charge is -2.39. The third kappa shape index (κ3) is 5.21. The first-order valence-electron chi connectivity index (χ1n) is 20.4. The van der Waals surface area contributed by atoms with Gasteiger partial charge >= 0.3 is 0 Å². The number of benzene rings is 9. The van der Waals surface area contributed by atoms with Crippen LogP contribution < -0.4 is 4.74 Å². The maximum absolute atomic E-state index is 6.60. The van der Waals surface area contributed by atoms with Crippen LogP contribution in [0.25, 0.3) is 78.3 Å². The third-order valence-electron chi connectivity index (χ3n) is 12.2. The molecule has 1 aromatic heterocycles. The van der Waals surface area contributed by atoms with Crippen LogP contribution in [-0.2, 0) is 5.41 Å². The third-order valence-corrected chi connectivity index (χ3v) is 12.2. The Balaban J connectivity index is 1.01. The maximum atomic E-state index is 6.60. The Hall–Kier alpha value is -7.95. The van der Waals surface area contributed by atoms with Gasteiger partial charge in [-0.1, -0.05) is 188 Å². The van der Waals surface area contributed by atoms with Crippen molar-refractivity contribution < 1.29 is 4.74 Å². The van der Waals surface area contributed by atoms with Crippen molar-refractivity contribution in [2.45, 2.75) is 5.41 Å². The normalized spacial score (nSPS) is 12.9. The number of hydrogen-bond acceptors (Lipinski definition) is 4. The fourth-order valence-corrected chi connectivity index (χ4v) is 9.59. The molecule has 2 aliphatic rings. The van der Waals surface area contributed by atoms with Crippen LogP contribution in [0.2, 0.25) is 0 Å². The van der Waals surface area contributed by atoms with E-state index in [1.807, 2.05) is 60.7 Å². The SMILES string of the molecule is c1ccc(-c2nc(-c3ccccc3)nc(-c3cccc(-c4ccc(-c5ccc6c(c5)C5(c7ccccc7Oc7ccccc75)c5ccccc5-6)c5ccccc45)c3)n2)cc1. The van der Waals surface area contributed by atoms with Gasteiger partial charge in [-0.05, 0) is 79.5 Å². The highest BCUT2D eigenvalue weighted by Crippen LogP contribution is 2.62. The molecule has 280 valence electrons. The molecule has 0 amide bonds. The lowest BCUT2D eigenvalue weighted by atomic mass is 9.66. The van der Waals surface area contributed by atoms with Crippen LogP contribution in [0.1, 0.15) is 22.3 Å². The largest absolute Gasteiger partial charge is 0.457 e. The van der Waals surface area contributed by atoms with Crippen LogP contribution in [0.4, 0.5) is 0 Å². The molecule has 4 heteroatoms. The summed E-state index contributed by atoms with van der Waals surface area (Å²) in [6.07, 6.45) is 0. The molecule has 12 rings (SSSR count). The van der Waals surface area contributed by atoms with Crippen molar-refractivity contribution in [2.24, 2.45) is 0 Å². The molecule has 1 aliphatic heterocycles. The first-order chi connectivity index (χ1) is 29.7. The van der Waals surface area contributed by atoms with Gasteiger partial charge in [-0.25, -0.2) is 15.0 Å². The van der Waals surface area contributed by atoms with E-state index in [1.165, 1.54) is 44.2 Å². The monoisotopic (exact) mass is 765 g/mol. The second-order valence-electron chi connectivity index (χ2n) is 15.5. The number of para-hydroxylation sites is 2. The molecule has 0 saturated carbocycles. The average molecular weight is 766 g/mol. The second kappa shape index (κ2) is 13.6. The number of aromatic nitrogens is 3. The van der Waals surface area contributed by atoms with E-state index in [0.717, 1.165) is 50.4 Å². The Labute approximate surface area is 348 Å². The molecule has 0 bridgehead atoms. The molecule has 0 fully saturated rings. The predicted molar refractivity (Wildman–Crippen MR) is 242 cm³/mol. The second-order valence-corrected chi connectivity index (χ2v) is 15.5. The quantitative estimate of drug-likeness (QED) is 0.175. The van der Waals surface area contributed by atoms with Crippen molar-refractivity contribution >= 4 is 10.8 Å². The van der Waals surface area contributed by atoms with E-state index in [0.29, 0.717) is 17.5 Å². The molecule has 1 aliphatic carbocycles. The van der Waals surface area contributed by atoms with E-state index < -0.39 is 5.41 Å². The van der Waals surface area contributed by atoms with Gasteiger partial charge in [0.1, 0.15) is 11.5 Å². The molecule has 60 heavy (non-hydrogen) atoms. The van der Waals surface area contributed by atoms with Gasteiger partial charge in [0.25, 0.3) is 0 Å². The van der Waals surface area contributed by atoms with Gasteiger partial charge in [0.15, 0.2) is 17.5 Å². The summed E-state index contributed by atoms with van der Waals surface area (Å²) in [5.74, 6) is 3.71. The highest BCUT2D eigenvalue weighted by molar-refractivity contribution is 6.06. The molecular formula is C56H35N3O. The summed E-state index contributed by atoms with van der Waals surface area (Å²) in [7, 11) is 0. The molecule has 0 atom stereocenters. The summed E-state index contributed by atoms with van der Waals surface area (Å²) >= 11 is 0. The lowest BCUT2D eigenvalue weighted by Crippen LogP contribution is -2.32. The summed E-state index contributed by atoms with van der Waals surface area (Å²) in [5, 5.41) is 2.37. The Morgan fingerprint density at radius 2 is 0.717 bits per heavy atom. The zero-order valence-electron chi connectivity index (χ0n) is 32.5. The number of ether oxygens (including phenoxy) is 1. The zero-order chi connectivity index (χ0) is 39.6. The van der Waals surface area contributed by atoms with E-state index >= 15 is 0 Å². The van der Waals surface area contributed by atoms with Crippen LogP contribution in [0.3, 0.4) is 0 Å². The summed E-state index contributed by atoms with van der Waals surface area (Å²) < 4.78 is 6.60. The smallest absolute Gasteiger partial charge is 0.164 e. The molecule has 2 heterocycles. The number of rotatable bonds is 5. The number of fused-ring (bicyclic) bond motifs is 10. The maximum Gasteiger partial charge on any atom is 0.164 e. The molecule has 1 spiro atoms. The predicted octanol–water partition coefficient (Wildman–Crippen LogP) is 13.8. The minimum Gasteiger partial charge on any atom is -0.457 e. The molecule has 0 unspecified atom stereocenters. The molecule has 0 N–H and O–H groups in total. The van der Waals surface area contributed by atoms with Crippen molar-refractivity contribution in [1.82, 2.24) is 15.0 Å². The van der Waals surface area contributed by atoms with E-state index in [1.54, 1.807) is 0 Å². The van der Waals surface area contributed by atoms with Crippen LogP contribution in [0, 0.1) is 0 Å². The number of nitrogens with zero attached hydrogens (tertiary/aromatic N) is 3. The number of hydrogen-bond donors (Lipinski definition) is 0. The van der Waals surface area contributed by atoms with E-state index in [4.69, 9.17) is 19.7 Å². The van der Waals surface area contributed by atoms with Crippen molar-refractivity contribution in [2.75, 3.05) is 0 Å². The van der Waals surface area contributed by atoms with Gasteiger partial charge in [-0.15, -0.1) is 0 Å². The molecule has 4 nitrogen and oxygen atoms in total. The summed E-state index contributed by atoms with van der Waals surface area (Å²) in [6, 6.07) is 75.1. The Kier molecular flexibility index (Phi) is 7.72. The van der Waals surface area contributed by atoms with Crippen molar-refractivity contribution in [1.29, 1.82) is 0 Å². The molecule has 10 aromatic rings. The van der Waals surface area contributed by atoms with Gasteiger partial charge in [0.05, 0.1) is 5.41 Å². The van der Waals surface area contributed by atoms with Crippen LogP contribution in [0.5, 0.6) is 11.5 Å². The summed E-state index contributed by atoms with van der Waals surface area (Å²) in [6.45, 7) is 0. The first-order valence-corrected chi connectivity index (χ1v) is 20.4. The lowest BCUT2D eigenvalue weighted by molar-refractivity contribution is 0.436. The standard InChI is InChI=1S/C56H35N3O/c1-3-16-36(17-4-1)53-57-54(37-18-5-2-6-19-37)59-55(58-53)40-21-15-20-38(34-40)41-32-33-42(44-23-8-7-22-43(41)44)39-30-31-46-45-24-9-10-25-47(45)56(50(46)35-39)48-26-11-13-28-51(48)60-52-29-14-12-27-49(52)56/h1-35H. The van der Waals surface area contributed by atoms with Crippen LogP contribution in [0.15, 0.2) is 212 Å². The van der Waals surface area contributed by atoms with Crippen molar-refractivity contribution in [3.63, 3.8) is 0 Å². The summed E-state index contributed by atoms with van der Waals surface area (Å²) in [5.41, 5.74) is 14.3. The first kappa shape index (κ1) is 34.1. The van der Waals surface area contributed by atoms with E-state index in [-0.39, 0.29) is 0 Å². The fourth-order valence-electron chi connectivity index (χ4n) is 9.59. The highest BCUT2D eigenvalue weighted by Gasteiger charge is 2.51. The molecule has 9 aromatic carbocycles. The Bertz CT molecular complexity index is 3200. The highest BCUT2D eigenvalue weighted by atomic mass is 16.5. The van der Waals surface area contributed by atoms with E-state index in [9.17, 15) is 0 Å². The van der Waals surface area contributed by atoms with Gasteiger partial charge in [0, 0.05) is 27.8 Å². The van der Waals surface area contributed by atoms with Gasteiger partial charge in [0.2, 0.25) is 0 Å². The Morgan fingerprint density at radius 3 is 1.33 bits per heavy atom. The zero-order valence-corrected chi connectivity index (χ0v) is 32.5. The molecule has 0 radical (unpaired) electrons. The minimum atomic E-state index is -0.528. The van der Waals surface area contributed by atoms with Crippen LogP contribution in [-0.4, -0.2) is 15.0 Å². The van der Waals surface area contributed by atoms with Crippen molar-refractivity contribution in [3.8, 4) is 79.0 Å². The van der Waals surface area contributed by atoms with Gasteiger partial charge in [-0.3, -0.25) is 0 Å². The fraction of sp³-hybridized carbons (Fsp3) is 0.0179. The van der Waals surface area contributed by atoms with Crippen molar-refractivity contribution in [3.05, 3.63) is 235 Å². The summed E-state index contributed by atoms with van der Waals surface area (Å²) in [4.78, 5) is 15.0. The minimum absolute atomic E-state index is 0.528.